The molecule has 0 aliphatic heterocycles. The van der Waals surface area contributed by atoms with E-state index >= 15 is 0 Å². The molecule has 0 unspecified atom stereocenters. The van der Waals surface area contributed by atoms with Gasteiger partial charge in [-0.3, -0.25) is 4.79 Å². The van der Waals surface area contributed by atoms with Crippen LogP contribution in [0.5, 0.6) is 5.75 Å². The maximum absolute atomic E-state index is 13.4. The highest BCUT2D eigenvalue weighted by Gasteiger charge is 2.23. The number of hydrogen-bond acceptors (Lipinski definition) is 3. The van der Waals surface area contributed by atoms with Crippen LogP contribution in [0.2, 0.25) is 0 Å². The summed E-state index contributed by atoms with van der Waals surface area (Å²) in [5.74, 6) is 0.858. The van der Waals surface area contributed by atoms with E-state index in [4.69, 9.17) is 4.42 Å². The van der Waals surface area contributed by atoms with Crippen molar-refractivity contribution in [2.24, 2.45) is 0 Å². The van der Waals surface area contributed by atoms with Crippen molar-refractivity contribution in [1.29, 1.82) is 0 Å². The Kier molecular flexibility index (Phi) is 5.11. The van der Waals surface area contributed by atoms with E-state index in [0.717, 1.165) is 29.7 Å². The molecule has 0 amide bonds. The summed E-state index contributed by atoms with van der Waals surface area (Å²) in [7, 11) is 0. The molecule has 0 fully saturated rings. The van der Waals surface area contributed by atoms with Crippen LogP contribution >= 0.6 is 0 Å². The Hall–Kier alpha value is -3.12. The Morgan fingerprint density at radius 2 is 1.93 bits per heavy atom. The molecule has 0 saturated carbocycles. The molecule has 0 aliphatic rings. The topological polar surface area (TPSA) is 84.8 Å². The van der Waals surface area contributed by atoms with Crippen LogP contribution in [0.1, 0.15) is 31.9 Å². The second-order valence-electron chi connectivity index (χ2n) is 7.38. The quantitative estimate of drug-likeness (QED) is 0.470. The van der Waals surface area contributed by atoms with Gasteiger partial charge in [0.1, 0.15) is 29.7 Å². The first-order valence-corrected chi connectivity index (χ1v) is 10.2. The Bertz CT molecular complexity index is 1200. The van der Waals surface area contributed by atoms with Gasteiger partial charge in [-0.15, -0.1) is 0 Å². The minimum absolute atomic E-state index is 0.112. The van der Waals surface area contributed by atoms with Crippen LogP contribution < -0.4 is 15.3 Å². The lowest BCUT2D eigenvalue weighted by Gasteiger charge is -2.18. The van der Waals surface area contributed by atoms with Gasteiger partial charge in [0, 0.05) is 0 Å². The Morgan fingerprint density at radius 3 is 2.62 bits per heavy atom. The van der Waals surface area contributed by atoms with Crippen LogP contribution in [0.3, 0.4) is 0 Å². The number of H-pyrrole nitrogens is 2. The van der Waals surface area contributed by atoms with E-state index in [0.29, 0.717) is 40.9 Å². The van der Waals surface area contributed by atoms with Crippen LogP contribution in [0, 0.1) is 0 Å². The van der Waals surface area contributed by atoms with Crippen molar-refractivity contribution in [2.75, 3.05) is 13.1 Å². The van der Waals surface area contributed by atoms with Crippen LogP contribution in [-0.4, -0.2) is 23.2 Å². The average Bonchev–Trinajstić information content (AvgIpc) is 3.17. The van der Waals surface area contributed by atoms with E-state index in [-0.39, 0.29) is 11.2 Å². The average molecular weight is 393 g/mol. The summed E-state index contributed by atoms with van der Waals surface area (Å²) in [6.07, 6.45) is 2.13. The molecular formula is C23H27N3O3+2. The van der Waals surface area contributed by atoms with Gasteiger partial charge in [0.05, 0.1) is 24.0 Å². The standard InChI is InChI=1S/C23H25N3O3/c1-4-14-11-15-21(28)17(23-24-18-9-7-8-10-19(18)25-23)13-29-22(15)16(20(14)27)12-26(5-2)6-3/h7-11,13,27H,4-6,12H2,1-3H3,(H,24,25)/p+2. The van der Waals surface area contributed by atoms with Crippen molar-refractivity contribution in [3.63, 3.8) is 0 Å². The molecule has 6 heteroatoms. The fraction of sp³-hybridized carbons (Fsp3) is 0.304. The zero-order valence-electron chi connectivity index (χ0n) is 17.1. The number of quaternary nitrogens is 1. The maximum Gasteiger partial charge on any atom is 0.292 e. The van der Waals surface area contributed by atoms with Gasteiger partial charge >= 0.3 is 0 Å². The third kappa shape index (κ3) is 3.29. The second kappa shape index (κ2) is 7.72. The van der Waals surface area contributed by atoms with Crippen molar-refractivity contribution in [3.8, 4) is 17.1 Å². The van der Waals surface area contributed by atoms with E-state index in [1.54, 1.807) is 6.07 Å². The van der Waals surface area contributed by atoms with Crippen molar-refractivity contribution in [2.45, 2.75) is 33.7 Å². The van der Waals surface area contributed by atoms with Crippen molar-refractivity contribution in [3.05, 3.63) is 57.9 Å². The molecule has 2 heterocycles. The number of aromatic nitrogens is 2. The molecular weight excluding hydrogens is 366 g/mol. The summed E-state index contributed by atoms with van der Waals surface area (Å²) in [6.45, 7) is 8.68. The van der Waals surface area contributed by atoms with E-state index in [1.807, 2.05) is 31.2 Å². The number of hydrogen-bond donors (Lipinski definition) is 3. The fourth-order valence-electron chi connectivity index (χ4n) is 3.88. The number of para-hydroxylation sites is 2. The highest BCUT2D eigenvalue weighted by molar-refractivity contribution is 5.86. The number of aromatic hydroxyl groups is 1. The highest BCUT2D eigenvalue weighted by atomic mass is 16.3. The van der Waals surface area contributed by atoms with Crippen molar-refractivity contribution in [1.82, 2.24) is 4.98 Å². The lowest BCUT2D eigenvalue weighted by atomic mass is 10.0. The van der Waals surface area contributed by atoms with E-state index in [9.17, 15) is 9.90 Å². The van der Waals surface area contributed by atoms with Gasteiger partial charge in [-0.05, 0) is 44.0 Å². The van der Waals surface area contributed by atoms with Crippen LogP contribution in [0.4, 0.5) is 0 Å². The first kappa shape index (κ1) is 19.2. The number of phenols is 1. The van der Waals surface area contributed by atoms with Gasteiger partial charge in [-0.2, -0.15) is 0 Å². The monoisotopic (exact) mass is 393 g/mol. The van der Waals surface area contributed by atoms with Crippen molar-refractivity contribution < 1.29 is 19.4 Å². The molecule has 0 atom stereocenters. The summed E-state index contributed by atoms with van der Waals surface area (Å²) < 4.78 is 5.96. The summed E-state index contributed by atoms with van der Waals surface area (Å²) in [5, 5.41) is 11.3. The lowest BCUT2D eigenvalue weighted by Crippen LogP contribution is -3.10. The first-order chi connectivity index (χ1) is 14.1. The number of aryl methyl sites for hydroxylation is 1. The van der Waals surface area contributed by atoms with Crippen molar-refractivity contribution >= 4 is 22.0 Å². The molecule has 0 spiro atoms. The Morgan fingerprint density at radius 1 is 1.17 bits per heavy atom. The lowest BCUT2D eigenvalue weighted by molar-refractivity contribution is -0.910. The minimum Gasteiger partial charge on any atom is -0.507 e. The van der Waals surface area contributed by atoms with Crippen LogP contribution in [0.15, 0.2) is 45.8 Å². The minimum atomic E-state index is -0.112. The molecule has 150 valence electrons. The normalized spacial score (nSPS) is 11.7. The molecule has 0 aliphatic carbocycles. The van der Waals surface area contributed by atoms with Gasteiger partial charge in [-0.1, -0.05) is 19.1 Å². The van der Waals surface area contributed by atoms with E-state index in [2.05, 4.69) is 23.8 Å². The molecule has 6 nitrogen and oxygen atoms in total. The highest BCUT2D eigenvalue weighted by Crippen LogP contribution is 2.31. The third-order valence-electron chi connectivity index (χ3n) is 5.73. The third-order valence-corrected chi connectivity index (χ3v) is 5.73. The molecule has 0 bridgehead atoms. The number of nitrogens with one attached hydrogen (secondary N) is 3. The molecule has 4 N–H and O–H groups in total. The second-order valence-corrected chi connectivity index (χ2v) is 7.38. The predicted molar refractivity (Wildman–Crippen MR) is 113 cm³/mol. The number of aromatic amines is 2. The number of rotatable bonds is 6. The summed E-state index contributed by atoms with van der Waals surface area (Å²) in [4.78, 5) is 21.2. The molecule has 0 saturated heterocycles. The maximum atomic E-state index is 13.4. The summed E-state index contributed by atoms with van der Waals surface area (Å²) >= 11 is 0. The largest absolute Gasteiger partial charge is 0.507 e. The van der Waals surface area contributed by atoms with Crippen LogP contribution in [-0.2, 0) is 13.0 Å². The summed E-state index contributed by atoms with van der Waals surface area (Å²) in [6, 6.07) is 9.56. The number of imidazole rings is 1. The first-order valence-electron chi connectivity index (χ1n) is 10.2. The molecule has 4 rings (SSSR count). The molecule has 29 heavy (non-hydrogen) atoms. The molecule has 0 radical (unpaired) electrons. The SMILES string of the molecule is CCc1cc2c(=O)c(-c3[nH]c4ccccc4[nH+]3)coc2c(C[NH+](CC)CC)c1O. The molecule has 2 aromatic heterocycles. The fourth-order valence-corrected chi connectivity index (χ4v) is 3.88. The number of benzene rings is 2. The molecule has 4 aromatic rings. The zero-order chi connectivity index (χ0) is 20.5. The Labute approximate surface area is 168 Å². The van der Waals surface area contributed by atoms with Gasteiger partial charge in [-0.25, -0.2) is 9.97 Å². The number of fused-ring (bicyclic) bond motifs is 2. The predicted octanol–water partition coefficient (Wildman–Crippen LogP) is 2.45. The zero-order valence-corrected chi connectivity index (χ0v) is 17.1. The summed E-state index contributed by atoms with van der Waals surface area (Å²) in [5.41, 5.74) is 4.14. The van der Waals surface area contributed by atoms with Gasteiger partial charge in [0.2, 0.25) is 5.43 Å². The van der Waals surface area contributed by atoms with Gasteiger partial charge in [0.15, 0.2) is 11.0 Å². The number of phenolic OH excluding ortho intramolecular Hbond substituents is 1. The van der Waals surface area contributed by atoms with E-state index in [1.165, 1.54) is 11.2 Å². The smallest absolute Gasteiger partial charge is 0.292 e. The van der Waals surface area contributed by atoms with E-state index < -0.39 is 0 Å². The van der Waals surface area contributed by atoms with Gasteiger partial charge in [0.25, 0.3) is 5.82 Å². The molecule has 2 aromatic carbocycles. The Balaban J connectivity index is 1.94. The van der Waals surface area contributed by atoms with Crippen LogP contribution in [0.25, 0.3) is 33.4 Å². The van der Waals surface area contributed by atoms with Gasteiger partial charge < -0.3 is 14.4 Å².